The van der Waals surface area contributed by atoms with Gasteiger partial charge in [-0.05, 0) is 36.2 Å². The van der Waals surface area contributed by atoms with Gasteiger partial charge >= 0.3 is 5.97 Å². The van der Waals surface area contributed by atoms with Crippen LogP contribution in [0.4, 0.5) is 10.1 Å². The molecule has 2 aromatic rings. The molecule has 1 N–H and O–H groups in total. The molecule has 1 heterocycles. The predicted molar refractivity (Wildman–Crippen MR) is 89.9 cm³/mol. The van der Waals surface area contributed by atoms with Gasteiger partial charge in [0.2, 0.25) is 0 Å². The number of hydrogen-bond donors (Lipinski definition) is 1. The maximum Gasteiger partial charge on any atom is 0.340 e. The van der Waals surface area contributed by atoms with E-state index in [1.54, 1.807) is 12.1 Å². The van der Waals surface area contributed by atoms with Crippen LogP contribution in [0, 0.1) is 5.82 Å². The van der Waals surface area contributed by atoms with Gasteiger partial charge in [0.15, 0.2) is 0 Å². The number of hydrogen-bond acceptors (Lipinski definition) is 4. The summed E-state index contributed by atoms with van der Waals surface area (Å²) in [5.74, 6) is -1.37. The summed E-state index contributed by atoms with van der Waals surface area (Å²) >= 11 is 6.28. The Morgan fingerprint density at radius 2 is 2.08 bits per heavy atom. The number of ether oxygens (including phenoxy) is 1. The van der Waals surface area contributed by atoms with E-state index in [4.69, 9.17) is 11.6 Å². The van der Waals surface area contributed by atoms with E-state index in [-0.39, 0.29) is 11.6 Å². The molecule has 1 aliphatic rings. The lowest BCUT2D eigenvalue weighted by atomic mass is 10.0. The van der Waals surface area contributed by atoms with Gasteiger partial charge in [-0.2, -0.15) is 0 Å². The van der Waals surface area contributed by atoms with E-state index in [0.717, 1.165) is 5.56 Å². The number of carbonyl (C=O) groups excluding carboxylic acids is 1. The van der Waals surface area contributed by atoms with E-state index in [9.17, 15) is 14.3 Å². The average Bonchev–Trinajstić information content (AvgIpc) is 2.96. The minimum Gasteiger partial charge on any atom is -0.465 e. The summed E-state index contributed by atoms with van der Waals surface area (Å²) in [5, 5.41) is 10.7. The third-order valence-corrected chi connectivity index (χ3v) is 4.58. The molecular formula is C18H17ClFNO3. The van der Waals surface area contributed by atoms with Crippen LogP contribution in [0.15, 0.2) is 42.5 Å². The second-order valence-electron chi connectivity index (χ2n) is 5.73. The summed E-state index contributed by atoms with van der Waals surface area (Å²) in [6.07, 6.45) is -0.0287. The van der Waals surface area contributed by atoms with Crippen LogP contribution >= 0.6 is 11.6 Å². The molecule has 1 aliphatic heterocycles. The highest BCUT2D eigenvalue weighted by Crippen LogP contribution is 2.39. The number of aliphatic hydroxyl groups excluding tert-OH is 1. The van der Waals surface area contributed by atoms with Crippen LogP contribution in [-0.4, -0.2) is 30.8 Å². The fourth-order valence-corrected chi connectivity index (χ4v) is 3.36. The third kappa shape index (κ3) is 3.09. The molecular weight excluding hydrogens is 333 g/mol. The monoisotopic (exact) mass is 349 g/mol. The molecule has 4 nitrogen and oxygen atoms in total. The van der Waals surface area contributed by atoms with E-state index in [0.29, 0.717) is 23.7 Å². The Bertz CT molecular complexity index is 768. The van der Waals surface area contributed by atoms with Crippen molar-refractivity contribution in [2.45, 2.75) is 18.6 Å². The van der Waals surface area contributed by atoms with Gasteiger partial charge in [0, 0.05) is 17.3 Å². The van der Waals surface area contributed by atoms with Gasteiger partial charge in [0.05, 0.1) is 24.8 Å². The summed E-state index contributed by atoms with van der Waals surface area (Å²) in [5.41, 5.74) is 1.35. The topological polar surface area (TPSA) is 49.8 Å². The Labute approximate surface area is 144 Å². The van der Waals surface area contributed by atoms with Crippen LogP contribution in [0.2, 0.25) is 5.02 Å². The van der Waals surface area contributed by atoms with Crippen LogP contribution in [0.1, 0.15) is 28.4 Å². The molecule has 1 fully saturated rings. The Morgan fingerprint density at radius 3 is 2.75 bits per heavy atom. The van der Waals surface area contributed by atoms with Gasteiger partial charge in [-0.15, -0.1) is 0 Å². The Balaban J connectivity index is 1.96. The fraction of sp³-hybridized carbons (Fsp3) is 0.278. The van der Waals surface area contributed by atoms with E-state index in [1.807, 2.05) is 23.1 Å². The summed E-state index contributed by atoms with van der Waals surface area (Å²) in [4.78, 5) is 13.4. The van der Waals surface area contributed by atoms with Gasteiger partial charge in [-0.1, -0.05) is 29.8 Å². The van der Waals surface area contributed by atoms with Crippen LogP contribution < -0.4 is 4.90 Å². The number of methoxy groups -OCH3 is 1. The molecule has 2 aromatic carbocycles. The molecule has 0 radical (unpaired) electrons. The summed E-state index contributed by atoms with van der Waals surface area (Å²) < 4.78 is 18.8. The molecule has 2 atom stereocenters. The Hall–Kier alpha value is -2.11. The van der Waals surface area contributed by atoms with Crippen LogP contribution in [0.3, 0.4) is 0 Å². The smallest absolute Gasteiger partial charge is 0.340 e. The first-order chi connectivity index (χ1) is 11.5. The van der Waals surface area contributed by atoms with Gasteiger partial charge in [0.1, 0.15) is 5.82 Å². The molecule has 0 aliphatic carbocycles. The van der Waals surface area contributed by atoms with E-state index < -0.39 is 17.9 Å². The number of β-amino-alcohol motifs (C(OH)–C–C–N with tert-alkyl or cyclic N) is 1. The van der Waals surface area contributed by atoms with Gasteiger partial charge < -0.3 is 14.7 Å². The van der Waals surface area contributed by atoms with Crippen LogP contribution in [-0.2, 0) is 4.74 Å². The lowest BCUT2D eigenvalue weighted by molar-refractivity contribution is 0.0595. The molecule has 126 valence electrons. The highest BCUT2D eigenvalue weighted by Gasteiger charge is 2.33. The first kappa shape index (κ1) is 16.7. The Kier molecular flexibility index (Phi) is 4.73. The largest absolute Gasteiger partial charge is 0.465 e. The van der Waals surface area contributed by atoms with Crippen molar-refractivity contribution < 1.29 is 19.0 Å². The first-order valence-electron chi connectivity index (χ1n) is 7.58. The van der Waals surface area contributed by atoms with Crippen LogP contribution in [0.5, 0.6) is 0 Å². The quantitative estimate of drug-likeness (QED) is 0.860. The molecule has 1 saturated heterocycles. The zero-order valence-electron chi connectivity index (χ0n) is 13.1. The number of benzene rings is 2. The van der Waals surface area contributed by atoms with Crippen LogP contribution in [0.25, 0.3) is 0 Å². The molecule has 3 rings (SSSR count). The number of anilines is 1. The lowest BCUT2D eigenvalue weighted by Crippen LogP contribution is -2.24. The number of halogens is 2. The molecule has 0 saturated carbocycles. The predicted octanol–water partition coefficient (Wildman–Crippen LogP) is 3.58. The first-order valence-corrected chi connectivity index (χ1v) is 7.96. The fourth-order valence-electron chi connectivity index (χ4n) is 3.10. The van der Waals surface area contributed by atoms with Crippen molar-refractivity contribution in [3.05, 3.63) is 64.4 Å². The van der Waals surface area contributed by atoms with E-state index >= 15 is 0 Å². The molecule has 2 unspecified atom stereocenters. The number of esters is 1. The maximum atomic E-state index is 14.2. The van der Waals surface area contributed by atoms with Crippen molar-refractivity contribution in [1.82, 2.24) is 0 Å². The number of rotatable bonds is 3. The van der Waals surface area contributed by atoms with Crippen molar-refractivity contribution in [2.24, 2.45) is 0 Å². The summed E-state index contributed by atoms with van der Waals surface area (Å²) in [6, 6.07) is 11.6. The SMILES string of the molecule is COC(=O)c1ccc(N2CC(O)CC2c2ccccc2Cl)cc1F. The van der Waals surface area contributed by atoms with Crippen molar-refractivity contribution in [1.29, 1.82) is 0 Å². The van der Waals surface area contributed by atoms with Gasteiger partial charge in [-0.25, -0.2) is 9.18 Å². The second-order valence-corrected chi connectivity index (χ2v) is 6.14. The maximum absolute atomic E-state index is 14.2. The number of carbonyl (C=O) groups is 1. The van der Waals surface area contributed by atoms with Gasteiger partial charge in [-0.3, -0.25) is 0 Å². The lowest BCUT2D eigenvalue weighted by Gasteiger charge is -2.27. The second kappa shape index (κ2) is 6.79. The standard InChI is InChI=1S/C18H17ClFNO3/c1-24-18(23)14-7-6-11(8-16(14)20)21-10-12(22)9-17(21)13-4-2-3-5-15(13)19/h2-8,12,17,22H,9-10H2,1H3. The molecule has 0 bridgehead atoms. The van der Waals surface area contributed by atoms with Gasteiger partial charge in [0.25, 0.3) is 0 Å². The van der Waals surface area contributed by atoms with E-state index in [2.05, 4.69) is 4.74 Å². The van der Waals surface area contributed by atoms with E-state index in [1.165, 1.54) is 19.2 Å². The third-order valence-electron chi connectivity index (χ3n) is 4.23. The van der Waals surface area contributed by atoms with Crippen molar-refractivity contribution in [3.8, 4) is 0 Å². The normalized spacial score (nSPS) is 20.2. The molecule has 0 aromatic heterocycles. The highest BCUT2D eigenvalue weighted by molar-refractivity contribution is 6.31. The van der Waals surface area contributed by atoms with Crippen molar-refractivity contribution in [3.63, 3.8) is 0 Å². The molecule has 6 heteroatoms. The number of nitrogens with zero attached hydrogens (tertiary/aromatic N) is 1. The summed E-state index contributed by atoms with van der Waals surface area (Å²) in [7, 11) is 1.21. The molecule has 24 heavy (non-hydrogen) atoms. The Morgan fingerprint density at radius 1 is 1.33 bits per heavy atom. The van der Waals surface area contributed by atoms with Crippen molar-refractivity contribution >= 4 is 23.3 Å². The minimum absolute atomic E-state index is 0.115. The summed E-state index contributed by atoms with van der Waals surface area (Å²) in [6.45, 7) is 0.368. The molecule has 0 amide bonds. The zero-order chi connectivity index (χ0) is 17.3. The average molecular weight is 350 g/mol. The number of aliphatic hydroxyl groups is 1. The highest BCUT2D eigenvalue weighted by atomic mass is 35.5. The zero-order valence-corrected chi connectivity index (χ0v) is 13.8. The van der Waals surface area contributed by atoms with Crippen molar-refractivity contribution in [2.75, 3.05) is 18.6 Å². The molecule has 0 spiro atoms. The minimum atomic E-state index is -0.719.